The second-order valence-corrected chi connectivity index (χ2v) is 4.22. The predicted octanol–water partition coefficient (Wildman–Crippen LogP) is 2.15. The van der Waals surface area contributed by atoms with Crippen molar-refractivity contribution < 1.29 is 9.90 Å². The van der Waals surface area contributed by atoms with Gasteiger partial charge < -0.3 is 9.90 Å². The second kappa shape index (κ2) is 6.02. The molecule has 4 nitrogen and oxygen atoms in total. The number of carboxylic acids is 1. The minimum absolute atomic E-state index is 0.132. The topological polar surface area (TPSA) is 64.5 Å². The molecule has 0 unspecified atom stereocenters. The first kappa shape index (κ1) is 13.1. The Balaban J connectivity index is 1.98. The van der Waals surface area contributed by atoms with Crippen molar-refractivity contribution in [2.45, 2.75) is 0 Å². The maximum Gasteiger partial charge on any atom is 0.0715 e. The molecule has 0 aliphatic carbocycles. The Labute approximate surface area is 115 Å². The van der Waals surface area contributed by atoms with E-state index in [1.807, 2.05) is 12.1 Å². The molecule has 0 heterocycles. The highest BCUT2D eigenvalue weighted by Gasteiger charge is 1.93. The van der Waals surface area contributed by atoms with Crippen LogP contribution in [0, 0.1) is 0 Å². The average molecular weight is 274 g/mol. The first-order chi connectivity index (χ1) is 9.15. The summed E-state index contributed by atoms with van der Waals surface area (Å²) in [6.45, 7) is 0. The maximum atomic E-state index is 10.6. The molecule has 2 aromatic rings. The van der Waals surface area contributed by atoms with E-state index >= 15 is 0 Å². The van der Waals surface area contributed by atoms with Crippen molar-refractivity contribution in [1.82, 2.24) is 0 Å². The molecule has 0 fully saturated rings. The van der Waals surface area contributed by atoms with Crippen LogP contribution >= 0.6 is 11.6 Å². The van der Waals surface area contributed by atoms with Gasteiger partial charge >= 0.3 is 0 Å². The van der Waals surface area contributed by atoms with Gasteiger partial charge in [-0.3, -0.25) is 5.43 Å². The van der Waals surface area contributed by atoms with Crippen LogP contribution in [0.15, 0.2) is 53.6 Å². The van der Waals surface area contributed by atoms with Crippen molar-refractivity contribution in [1.29, 1.82) is 0 Å². The number of benzene rings is 2. The Morgan fingerprint density at radius 2 is 1.74 bits per heavy atom. The molecule has 0 aliphatic heterocycles. The van der Waals surface area contributed by atoms with Gasteiger partial charge in [-0.2, -0.15) is 5.10 Å². The number of nitrogens with one attached hydrogen (secondary N) is 1. The SMILES string of the molecule is O=C([O-])c1ccc(N/N=C\c2ccc(Cl)cc2)cc1. The monoisotopic (exact) mass is 273 g/mol. The lowest BCUT2D eigenvalue weighted by atomic mass is 10.2. The van der Waals surface area contributed by atoms with Crippen molar-refractivity contribution in [2.24, 2.45) is 5.10 Å². The van der Waals surface area contributed by atoms with Gasteiger partial charge in [0.15, 0.2) is 0 Å². The molecule has 19 heavy (non-hydrogen) atoms. The van der Waals surface area contributed by atoms with Crippen LogP contribution in [-0.4, -0.2) is 12.2 Å². The summed E-state index contributed by atoms with van der Waals surface area (Å²) in [6.07, 6.45) is 1.64. The maximum absolute atomic E-state index is 10.6. The van der Waals surface area contributed by atoms with Gasteiger partial charge in [0.1, 0.15) is 0 Å². The molecular weight excluding hydrogens is 264 g/mol. The number of aromatic carboxylic acids is 1. The number of carbonyl (C=O) groups is 1. The van der Waals surface area contributed by atoms with Gasteiger partial charge in [-0.05, 0) is 35.4 Å². The summed E-state index contributed by atoms with van der Waals surface area (Å²) in [7, 11) is 0. The van der Waals surface area contributed by atoms with Crippen LogP contribution in [0.2, 0.25) is 5.02 Å². The first-order valence-electron chi connectivity index (χ1n) is 5.51. The van der Waals surface area contributed by atoms with E-state index in [0.29, 0.717) is 10.7 Å². The number of halogens is 1. The van der Waals surface area contributed by atoms with Crippen molar-refractivity contribution in [3.63, 3.8) is 0 Å². The zero-order valence-electron chi connectivity index (χ0n) is 9.84. The number of hydrazone groups is 1. The smallest absolute Gasteiger partial charge is 0.0715 e. The second-order valence-electron chi connectivity index (χ2n) is 3.79. The molecule has 2 aromatic carbocycles. The summed E-state index contributed by atoms with van der Waals surface area (Å²) in [4.78, 5) is 10.6. The number of nitrogens with zero attached hydrogens (tertiary/aromatic N) is 1. The fourth-order valence-electron chi connectivity index (χ4n) is 1.41. The lowest BCUT2D eigenvalue weighted by Crippen LogP contribution is -2.21. The van der Waals surface area contributed by atoms with Crippen molar-refractivity contribution in [3.8, 4) is 0 Å². The van der Waals surface area contributed by atoms with Crippen LogP contribution in [0.25, 0.3) is 0 Å². The third kappa shape index (κ3) is 3.82. The quantitative estimate of drug-likeness (QED) is 0.686. The largest absolute Gasteiger partial charge is 0.545 e. The lowest BCUT2D eigenvalue weighted by Gasteiger charge is -2.03. The average Bonchev–Trinajstić information content (AvgIpc) is 2.41. The molecule has 0 saturated carbocycles. The fraction of sp³-hybridized carbons (Fsp3) is 0. The summed E-state index contributed by atoms with van der Waals surface area (Å²) >= 11 is 5.77. The van der Waals surface area contributed by atoms with Crippen LogP contribution < -0.4 is 10.5 Å². The summed E-state index contributed by atoms with van der Waals surface area (Å²) in [5.74, 6) is -1.20. The lowest BCUT2D eigenvalue weighted by molar-refractivity contribution is -0.255. The standard InChI is InChI=1S/C14H11ClN2O2/c15-12-5-1-10(2-6-12)9-16-17-13-7-3-11(4-8-13)14(18)19/h1-9,17H,(H,18,19)/p-1/b16-9-. The highest BCUT2D eigenvalue weighted by Crippen LogP contribution is 2.10. The molecule has 0 bridgehead atoms. The van der Waals surface area contributed by atoms with Crippen LogP contribution in [-0.2, 0) is 0 Å². The highest BCUT2D eigenvalue weighted by molar-refractivity contribution is 6.30. The first-order valence-corrected chi connectivity index (χ1v) is 5.89. The van der Waals surface area contributed by atoms with E-state index in [9.17, 15) is 9.90 Å². The van der Waals surface area contributed by atoms with Crippen molar-refractivity contribution >= 4 is 29.5 Å². The molecule has 0 atom stereocenters. The van der Waals surface area contributed by atoms with Gasteiger partial charge in [-0.25, -0.2) is 0 Å². The highest BCUT2D eigenvalue weighted by atomic mass is 35.5. The summed E-state index contributed by atoms with van der Waals surface area (Å²) in [6, 6.07) is 13.4. The number of hydrogen-bond donors (Lipinski definition) is 1. The van der Waals surface area contributed by atoms with E-state index in [-0.39, 0.29) is 5.56 Å². The molecule has 0 aromatic heterocycles. The van der Waals surface area contributed by atoms with Crippen LogP contribution in [0.1, 0.15) is 15.9 Å². The van der Waals surface area contributed by atoms with Gasteiger partial charge in [-0.15, -0.1) is 0 Å². The van der Waals surface area contributed by atoms with E-state index < -0.39 is 5.97 Å². The van der Waals surface area contributed by atoms with E-state index in [1.165, 1.54) is 12.1 Å². The fourth-order valence-corrected chi connectivity index (χ4v) is 1.54. The molecule has 1 N–H and O–H groups in total. The summed E-state index contributed by atoms with van der Waals surface area (Å²) in [5.41, 5.74) is 4.52. The molecule has 0 saturated heterocycles. The van der Waals surface area contributed by atoms with E-state index in [4.69, 9.17) is 11.6 Å². The number of anilines is 1. The predicted molar refractivity (Wildman–Crippen MR) is 73.4 cm³/mol. The summed E-state index contributed by atoms with van der Waals surface area (Å²) in [5, 5.41) is 15.3. The van der Waals surface area contributed by atoms with Crippen LogP contribution in [0.3, 0.4) is 0 Å². The summed E-state index contributed by atoms with van der Waals surface area (Å²) < 4.78 is 0. The number of hydrogen-bond acceptors (Lipinski definition) is 4. The van der Waals surface area contributed by atoms with E-state index in [0.717, 1.165) is 5.56 Å². The third-order valence-electron chi connectivity index (χ3n) is 2.40. The minimum Gasteiger partial charge on any atom is -0.545 e. The Hall–Kier alpha value is -2.33. The van der Waals surface area contributed by atoms with Gasteiger partial charge in [0, 0.05) is 5.02 Å². The molecule has 5 heteroatoms. The molecule has 0 aliphatic rings. The normalized spacial score (nSPS) is 10.6. The van der Waals surface area contributed by atoms with Crippen LogP contribution in [0.5, 0.6) is 0 Å². The van der Waals surface area contributed by atoms with Crippen molar-refractivity contribution in [3.05, 3.63) is 64.7 Å². The Kier molecular flexibility index (Phi) is 4.15. The van der Waals surface area contributed by atoms with Gasteiger partial charge in [0.2, 0.25) is 0 Å². The molecule has 0 radical (unpaired) electrons. The van der Waals surface area contributed by atoms with Gasteiger partial charge in [-0.1, -0.05) is 35.9 Å². The Morgan fingerprint density at radius 1 is 1.11 bits per heavy atom. The Bertz CT molecular complexity index is 592. The molecule has 2 rings (SSSR count). The number of carbonyl (C=O) groups excluding carboxylic acids is 1. The zero-order chi connectivity index (χ0) is 13.7. The molecular formula is C14H10ClN2O2-. The number of rotatable bonds is 4. The minimum atomic E-state index is -1.20. The van der Waals surface area contributed by atoms with E-state index in [2.05, 4.69) is 10.5 Å². The number of carboxylic acid groups (broad SMARTS) is 1. The van der Waals surface area contributed by atoms with Crippen LogP contribution in [0.4, 0.5) is 5.69 Å². The van der Waals surface area contributed by atoms with Gasteiger partial charge in [0.25, 0.3) is 0 Å². The van der Waals surface area contributed by atoms with Crippen molar-refractivity contribution in [2.75, 3.05) is 5.43 Å². The van der Waals surface area contributed by atoms with Gasteiger partial charge in [0.05, 0.1) is 17.9 Å². The molecule has 96 valence electrons. The van der Waals surface area contributed by atoms with E-state index in [1.54, 1.807) is 30.5 Å². The molecule has 0 amide bonds. The Morgan fingerprint density at radius 3 is 2.32 bits per heavy atom. The third-order valence-corrected chi connectivity index (χ3v) is 2.65. The molecule has 0 spiro atoms. The zero-order valence-corrected chi connectivity index (χ0v) is 10.6.